The Balaban J connectivity index is 2.96. The van der Waals surface area contributed by atoms with Gasteiger partial charge in [0.05, 0.1) is 6.26 Å². The fraction of sp³-hybridized carbons (Fsp3) is 0.143. The molecule has 0 spiro atoms. The third-order valence-electron chi connectivity index (χ3n) is 1.17. The molecule has 12 heavy (non-hydrogen) atoms. The molecule has 2 N–H and O–H groups in total. The number of rotatable bonds is 3. The minimum atomic E-state index is -0.688. The highest BCUT2D eigenvalue weighted by Gasteiger charge is 2.13. The highest BCUT2D eigenvalue weighted by molar-refractivity contribution is 6.43. The Morgan fingerprint density at radius 2 is 2.50 bits per heavy atom. The number of oxime groups is 1. The predicted molar refractivity (Wildman–Crippen MR) is 41.4 cm³/mol. The van der Waals surface area contributed by atoms with Crippen molar-refractivity contribution in [3.63, 3.8) is 0 Å². The molecule has 0 bridgehead atoms. The van der Waals surface area contributed by atoms with Gasteiger partial charge in [0.1, 0.15) is 7.11 Å². The molecular weight excluding hydrogens is 160 g/mol. The first kappa shape index (κ1) is 8.32. The lowest BCUT2D eigenvalue weighted by molar-refractivity contribution is -0.112. The molecule has 0 radical (unpaired) electrons. The number of nitrogens with zero attached hydrogens (tertiary/aromatic N) is 1. The summed E-state index contributed by atoms with van der Waals surface area (Å²) in [6.45, 7) is 0. The van der Waals surface area contributed by atoms with Gasteiger partial charge in [-0.25, -0.2) is 0 Å². The summed E-state index contributed by atoms with van der Waals surface area (Å²) in [5, 5.41) is 3.41. The molecule has 5 heteroatoms. The van der Waals surface area contributed by atoms with E-state index in [1.54, 1.807) is 12.1 Å². The summed E-state index contributed by atoms with van der Waals surface area (Å²) in [4.78, 5) is 15.2. The lowest BCUT2D eigenvalue weighted by atomic mass is 10.3. The van der Waals surface area contributed by atoms with Crippen LogP contribution in [-0.2, 0) is 9.63 Å². The second-order valence-electron chi connectivity index (χ2n) is 1.96. The van der Waals surface area contributed by atoms with Gasteiger partial charge in [0.25, 0.3) is 5.91 Å². The van der Waals surface area contributed by atoms with Crippen molar-refractivity contribution >= 4 is 11.6 Å². The van der Waals surface area contributed by atoms with Crippen LogP contribution in [0.25, 0.3) is 0 Å². The summed E-state index contributed by atoms with van der Waals surface area (Å²) in [6.07, 6.45) is 1.42. The smallest absolute Gasteiger partial charge is 0.274 e. The summed E-state index contributed by atoms with van der Waals surface area (Å²) in [6, 6.07) is 3.20. The van der Waals surface area contributed by atoms with Crippen LogP contribution in [0, 0.1) is 0 Å². The van der Waals surface area contributed by atoms with E-state index in [1.807, 2.05) is 0 Å². The monoisotopic (exact) mass is 168 g/mol. The molecule has 1 aromatic heterocycles. The van der Waals surface area contributed by atoms with Crippen molar-refractivity contribution < 1.29 is 14.0 Å². The van der Waals surface area contributed by atoms with E-state index < -0.39 is 5.91 Å². The van der Waals surface area contributed by atoms with Crippen LogP contribution in [-0.4, -0.2) is 18.7 Å². The maximum Gasteiger partial charge on any atom is 0.274 e. The highest BCUT2D eigenvalue weighted by atomic mass is 16.6. The third-order valence-corrected chi connectivity index (χ3v) is 1.17. The number of hydrogen-bond donors (Lipinski definition) is 1. The molecule has 64 valence electrons. The molecule has 0 saturated carbocycles. The Morgan fingerprint density at radius 3 is 2.92 bits per heavy atom. The molecular formula is C7H8N2O3. The van der Waals surface area contributed by atoms with Gasteiger partial charge in [0.15, 0.2) is 5.76 Å². The van der Waals surface area contributed by atoms with Crippen LogP contribution in [0.4, 0.5) is 0 Å². The van der Waals surface area contributed by atoms with Gasteiger partial charge in [0.2, 0.25) is 5.71 Å². The van der Waals surface area contributed by atoms with Crippen LogP contribution in [0.1, 0.15) is 5.76 Å². The Bertz CT molecular complexity index is 290. The molecule has 1 aromatic rings. The van der Waals surface area contributed by atoms with Gasteiger partial charge in [0, 0.05) is 0 Å². The van der Waals surface area contributed by atoms with Crippen molar-refractivity contribution in [3.8, 4) is 0 Å². The minimum absolute atomic E-state index is 0.0255. The van der Waals surface area contributed by atoms with E-state index in [9.17, 15) is 4.79 Å². The number of amides is 1. The highest BCUT2D eigenvalue weighted by Crippen LogP contribution is 2.02. The van der Waals surface area contributed by atoms with E-state index in [0.717, 1.165) is 0 Å². The first-order valence-electron chi connectivity index (χ1n) is 3.20. The average Bonchev–Trinajstić information content (AvgIpc) is 2.51. The van der Waals surface area contributed by atoms with Crippen LogP contribution in [0.15, 0.2) is 28.0 Å². The van der Waals surface area contributed by atoms with Gasteiger partial charge in [-0.15, -0.1) is 0 Å². The summed E-state index contributed by atoms with van der Waals surface area (Å²) < 4.78 is 4.90. The zero-order chi connectivity index (χ0) is 8.97. The van der Waals surface area contributed by atoms with Crippen molar-refractivity contribution in [3.05, 3.63) is 24.2 Å². The van der Waals surface area contributed by atoms with Crippen LogP contribution >= 0.6 is 0 Å². The van der Waals surface area contributed by atoms with Gasteiger partial charge in [-0.2, -0.15) is 0 Å². The molecule has 0 aromatic carbocycles. The molecule has 0 unspecified atom stereocenters. The summed E-state index contributed by atoms with van der Waals surface area (Å²) in [7, 11) is 1.33. The number of nitrogens with two attached hydrogens (primary N) is 1. The maximum atomic E-state index is 10.7. The average molecular weight is 168 g/mol. The maximum absolute atomic E-state index is 10.7. The van der Waals surface area contributed by atoms with Crippen LogP contribution in [0.2, 0.25) is 0 Å². The first-order chi connectivity index (χ1) is 5.75. The Kier molecular flexibility index (Phi) is 2.47. The van der Waals surface area contributed by atoms with Crippen LogP contribution < -0.4 is 5.73 Å². The molecule has 0 fully saturated rings. The Morgan fingerprint density at radius 1 is 1.75 bits per heavy atom. The second-order valence-corrected chi connectivity index (χ2v) is 1.96. The zero-order valence-corrected chi connectivity index (χ0v) is 6.48. The molecule has 0 aliphatic rings. The summed E-state index contributed by atoms with van der Waals surface area (Å²) >= 11 is 0. The van der Waals surface area contributed by atoms with Crippen molar-refractivity contribution in [1.29, 1.82) is 0 Å². The second kappa shape index (κ2) is 3.56. The summed E-state index contributed by atoms with van der Waals surface area (Å²) in [5.74, 6) is -0.392. The number of primary amides is 1. The Hall–Kier alpha value is -1.78. The van der Waals surface area contributed by atoms with Gasteiger partial charge in [-0.05, 0) is 12.1 Å². The molecule has 1 rings (SSSR count). The van der Waals surface area contributed by atoms with E-state index in [4.69, 9.17) is 10.2 Å². The summed E-state index contributed by atoms with van der Waals surface area (Å²) in [5.41, 5.74) is 4.98. The topological polar surface area (TPSA) is 77.8 Å². The SMILES string of the molecule is CON=C(C(N)=O)c1ccco1. The molecule has 1 heterocycles. The largest absolute Gasteiger partial charge is 0.462 e. The lowest BCUT2D eigenvalue weighted by Crippen LogP contribution is -2.23. The van der Waals surface area contributed by atoms with Crippen molar-refractivity contribution in [1.82, 2.24) is 0 Å². The van der Waals surface area contributed by atoms with Crippen LogP contribution in [0.3, 0.4) is 0 Å². The molecule has 0 aliphatic heterocycles. The van der Waals surface area contributed by atoms with E-state index in [1.165, 1.54) is 13.4 Å². The van der Waals surface area contributed by atoms with E-state index in [2.05, 4.69) is 9.99 Å². The van der Waals surface area contributed by atoms with E-state index >= 15 is 0 Å². The van der Waals surface area contributed by atoms with Gasteiger partial charge in [-0.3, -0.25) is 4.79 Å². The quantitative estimate of drug-likeness (QED) is 0.514. The number of hydrogen-bond acceptors (Lipinski definition) is 4. The minimum Gasteiger partial charge on any atom is -0.462 e. The Labute approximate surface area is 68.8 Å². The first-order valence-corrected chi connectivity index (χ1v) is 3.20. The van der Waals surface area contributed by atoms with Crippen molar-refractivity contribution in [2.75, 3.05) is 7.11 Å². The molecule has 1 amide bonds. The molecule has 0 aliphatic carbocycles. The van der Waals surface area contributed by atoms with Crippen molar-refractivity contribution in [2.24, 2.45) is 10.9 Å². The van der Waals surface area contributed by atoms with E-state index in [0.29, 0.717) is 5.76 Å². The normalized spacial score (nSPS) is 11.2. The fourth-order valence-corrected chi connectivity index (χ4v) is 0.716. The van der Waals surface area contributed by atoms with Gasteiger partial charge < -0.3 is 15.0 Å². The van der Waals surface area contributed by atoms with Crippen LogP contribution in [0.5, 0.6) is 0 Å². The number of carbonyl (C=O) groups excluding carboxylic acids is 1. The molecule has 0 atom stereocenters. The standard InChI is InChI=1S/C7H8N2O3/c1-11-9-6(7(8)10)5-3-2-4-12-5/h2-4H,1H3,(H2,8,10). The van der Waals surface area contributed by atoms with E-state index in [-0.39, 0.29) is 5.71 Å². The third kappa shape index (κ3) is 1.63. The molecule has 5 nitrogen and oxygen atoms in total. The number of carbonyl (C=O) groups is 1. The lowest BCUT2D eigenvalue weighted by Gasteiger charge is -1.95. The van der Waals surface area contributed by atoms with Gasteiger partial charge >= 0.3 is 0 Å². The van der Waals surface area contributed by atoms with Crippen molar-refractivity contribution in [2.45, 2.75) is 0 Å². The zero-order valence-electron chi connectivity index (χ0n) is 6.48. The predicted octanol–water partition coefficient (Wildman–Crippen LogP) is 0.115. The molecule has 0 saturated heterocycles. The fourth-order valence-electron chi connectivity index (χ4n) is 0.716. The number of furan rings is 1. The van der Waals surface area contributed by atoms with Gasteiger partial charge in [-0.1, -0.05) is 5.16 Å².